The Morgan fingerprint density at radius 3 is 2.96 bits per heavy atom. The van der Waals surface area contributed by atoms with Crippen LogP contribution in [0.4, 0.5) is 0 Å². The summed E-state index contributed by atoms with van der Waals surface area (Å²) in [5, 5.41) is 9.66. The Kier molecular flexibility index (Phi) is 5.64. The molecular weight excluding hydrogens is 310 g/mol. The second-order valence-electron chi connectivity index (χ2n) is 5.84. The number of aromatic nitrogens is 4. The highest BCUT2D eigenvalue weighted by molar-refractivity contribution is 7.98. The van der Waals surface area contributed by atoms with Gasteiger partial charge in [0.15, 0.2) is 5.16 Å². The molecule has 0 spiro atoms. The Morgan fingerprint density at radius 2 is 2.26 bits per heavy atom. The number of ether oxygens (including phenoxy) is 1. The molecule has 2 aromatic heterocycles. The summed E-state index contributed by atoms with van der Waals surface area (Å²) < 4.78 is 7.98. The summed E-state index contributed by atoms with van der Waals surface area (Å²) in [7, 11) is 2.08. The molecule has 2 aromatic rings. The second kappa shape index (κ2) is 7.90. The predicted molar refractivity (Wildman–Crippen MR) is 90.2 cm³/mol. The van der Waals surface area contributed by atoms with Gasteiger partial charge in [-0.2, -0.15) is 0 Å². The molecule has 1 aliphatic heterocycles. The maximum absolute atomic E-state index is 5.77. The van der Waals surface area contributed by atoms with Crippen LogP contribution in [-0.4, -0.2) is 50.7 Å². The van der Waals surface area contributed by atoms with E-state index >= 15 is 0 Å². The molecule has 3 rings (SSSR count). The zero-order valence-electron chi connectivity index (χ0n) is 13.7. The molecule has 0 unspecified atom stereocenters. The highest BCUT2D eigenvalue weighted by Crippen LogP contribution is 2.20. The van der Waals surface area contributed by atoms with Crippen molar-refractivity contribution in [2.45, 2.75) is 43.7 Å². The standard InChI is InChI=1S/C16H23N5OS/c1-20(10-13-6-3-4-8-17-13)12-15-18-19-16(23-2)21(15)11-14-7-5-9-22-14/h3-4,6,8,14H,5,7,9-12H2,1-2H3/t14-/m0/s1. The minimum atomic E-state index is 0.289. The van der Waals surface area contributed by atoms with Crippen LogP contribution in [0, 0.1) is 0 Å². The third-order valence-corrected chi connectivity index (χ3v) is 4.62. The number of pyridine rings is 1. The number of hydrogen-bond donors (Lipinski definition) is 0. The van der Waals surface area contributed by atoms with Gasteiger partial charge in [0.2, 0.25) is 0 Å². The first kappa shape index (κ1) is 16.4. The largest absolute Gasteiger partial charge is 0.376 e. The maximum Gasteiger partial charge on any atom is 0.191 e. The molecule has 0 N–H and O–H groups in total. The molecule has 0 saturated carbocycles. The molecule has 1 aliphatic rings. The zero-order chi connectivity index (χ0) is 16.1. The fourth-order valence-electron chi connectivity index (χ4n) is 2.83. The van der Waals surface area contributed by atoms with Gasteiger partial charge in [-0.1, -0.05) is 17.8 Å². The number of nitrogens with zero attached hydrogens (tertiary/aromatic N) is 5. The van der Waals surface area contributed by atoms with Gasteiger partial charge in [0.05, 0.1) is 24.9 Å². The van der Waals surface area contributed by atoms with Gasteiger partial charge in [0, 0.05) is 19.3 Å². The van der Waals surface area contributed by atoms with E-state index in [2.05, 4.69) is 31.7 Å². The minimum Gasteiger partial charge on any atom is -0.376 e. The van der Waals surface area contributed by atoms with E-state index in [1.807, 2.05) is 30.7 Å². The fraction of sp³-hybridized carbons (Fsp3) is 0.562. The van der Waals surface area contributed by atoms with Gasteiger partial charge in [-0.3, -0.25) is 9.88 Å². The van der Waals surface area contributed by atoms with Crippen molar-refractivity contribution >= 4 is 11.8 Å². The smallest absolute Gasteiger partial charge is 0.191 e. The quantitative estimate of drug-likeness (QED) is 0.724. The molecule has 1 saturated heterocycles. The van der Waals surface area contributed by atoms with Crippen molar-refractivity contribution in [3.63, 3.8) is 0 Å². The lowest BCUT2D eigenvalue weighted by Crippen LogP contribution is -2.23. The van der Waals surface area contributed by atoms with Crippen molar-refractivity contribution in [3.05, 3.63) is 35.9 Å². The lowest BCUT2D eigenvalue weighted by Gasteiger charge is -2.18. The third-order valence-electron chi connectivity index (χ3n) is 3.96. The summed E-state index contributed by atoms with van der Waals surface area (Å²) in [5.41, 5.74) is 1.06. The summed E-state index contributed by atoms with van der Waals surface area (Å²) in [5.74, 6) is 0.989. The lowest BCUT2D eigenvalue weighted by atomic mass is 10.2. The zero-order valence-corrected chi connectivity index (χ0v) is 14.5. The first-order valence-electron chi connectivity index (χ1n) is 7.92. The van der Waals surface area contributed by atoms with Crippen molar-refractivity contribution in [2.75, 3.05) is 19.9 Å². The molecule has 7 heteroatoms. The summed E-state index contributed by atoms with van der Waals surface area (Å²) in [6.07, 6.45) is 6.43. The highest BCUT2D eigenvalue weighted by Gasteiger charge is 2.21. The third kappa shape index (κ3) is 4.31. The molecule has 0 amide bonds. The van der Waals surface area contributed by atoms with Crippen LogP contribution in [0.3, 0.4) is 0 Å². The van der Waals surface area contributed by atoms with Crippen molar-refractivity contribution in [2.24, 2.45) is 0 Å². The molecule has 1 fully saturated rings. The van der Waals surface area contributed by atoms with E-state index in [9.17, 15) is 0 Å². The van der Waals surface area contributed by atoms with E-state index in [-0.39, 0.29) is 6.10 Å². The van der Waals surface area contributed by atoms with Crippen LogP contribution in [0.5, 0.6) is 0 Å². The summed E-state index contributed by atoms with van der Waals surface area (Å²) >= 11 is 1.63. The molecular formula is C16H23N5OS. The average Bonchev–Trinajstić information content (AvgIpc) is 3.19. The van der Waals surface area contributed by atoms with Gasteiger partial charge in [-0.25, -0.2) is 0 Å². The number of hydrogen-bond acceptors (Lipinski definition) is 6. The Hall–Kier alpha value is -1.44. The topological polar surface area (TPSA) is 56.1 Å². The number of rotatable bonds is 7. The average molecular weight is 333 g/mol. The van der Waals surface area contributed by atoms with Gasteiger partial charge < -0.3 is 9.30 Å². The minimum absolute atomic E-state index is 0.289. The summed E-state index contributed by atoms with van der Waals surface area (Å²) in [6.45, 7) is 3.26. The SMILES string of the molecule is CSc1nnc(CN(C)Cc2ccccn2)n1C[C@@H]1CCCO1. The predicted octanol–water partition coefficient (Wildman–Crippen LogP) is 2.21. The Morgan fingerprint density at radius 1 is 1.35 bits per heavy atom. The molecule has 6 nitrogen and oxygen atoms in total. The van der Waals surface area contributed by atoms with E-state index in [4.69, 9.17) is 4.74 Å². The van der Waals surface area contributed by atoms with Crippen molar-refractivity contribution in [1.29, 1.82) is 0 Å². The van der Waals surface area contributed by atoms with Crippen LogP contribution in [0.25, 0.3) is 0 Å². The van der Waals surface area contributed by atoms with Gasteiger partial charge >= 0.3 is 0 Å². The van der Waals surface area contributed by atoms with Gasteiger partial charge in [0.25, 0.3) is 0 Å². The molecule has 3 heterocycles. The maximum atomic E-state index is 5.77. The molecule has 0 bridgehead atoms. The van der Waals surface area contributed by atoms with Crippen LogP contribution in [0.15, 0.2) is 29.6 Å². The van der Waals surface area contributed by atoms with Crippen molar-refractivity contribution in [3.8, 4) is 0 Å². The monoisotopic (exact) mass is 333 g/mol. The van der Waals surface area contributed by atoms with E-state index in [0.717, 1.165) is 55.8 Å². The lowest BCUT2D eigenvalue weighted by molar-refractivity contribution is 0.0934. The van der Waals surface area contributed by atoms with Gasteiger partial charge in [-0.05, 0) is 38.3 Å². The van der Waals surface area contributed by atoms with Crippen LogP contribution in [-0.2, 0) is 24.4 Å². The molecule has 0 aromatic carbocycles. The van der Waals surface area contributed by atoms with Crippen LogP contribution < -0.4 is 0 Å². The summed E-state index contributed by atoms with van der Waals surface area (Å²) in [4.78, 5) is 6.59. The van der Waals surface area contributed by atoms with E-state index in [1.54, 1.807) is 11.8 Å². The highest BCUT2D eigenvalue weighted by atomic mass is 32.2. The molecule has 23 heavy (non-hydrogen) atoms. The normalized spacial score (nSPS) is 18.0. The second-order valence-corrected chi connectivity index (χ2v) is 6.62. The van der Waals surface area contributed by atoms with Crippen LogP contribution in [0.1, 0.15) is 24.4 Å². The van der Waals surface area contributed by atoms with E-state index in [0.29, 0.717) is 0 Å². The van der Waals surface area contributed by atoms with Gasteiger partial charge in [0.1, 0.15) is 5.82 Å². The number of thioether (sulfide) groups is 1. The molecule has 124 valence electrons. The Labute approximate surface area is 141 Å². The van der Waals surface area contributed by atoms with E-state index in [1.165, 1.54) is 0 Å². The van der Waals surface area contributed by atoms with Crippen LogP contribution >= 0.6 is 11.8 Å². The van der Waals surface area contributed by atoms with Crippen molar-refractivity contribution < 1.29 is 4.74 Å². The Bertz CT molecular complexity index is 612. The van der Waals surface area contributed by atoms with Gasteiger partial charge in [-0.15, -0.1) is 10.2 Å². The van der Waals surface area contributed by atoms with E-state index < -0.39 is 0 Å². The molecule has 1 atom stereocenters. The molecule has 0 radical (unpaired) electrons. The van der Waals surface area contributed by atoms with Crippen molar-refractivity contribution in [1.82, 2.24) is 24.6 Å². The van der Waals surface area contributed by atoms with Crippen LogP contribution in [0.2, 0.25) is 0 Å². The first-order chi connectivity index (χ1) is 11.3. The molecule has 0 aliphatic carbocycles. The Balaban J connectivity index is 1.67. The summed E-state index contributed by atoms with van der Waals surface area (Å²) in [6, 6.07) is 6.00. The fourth-order valence-corrected chi connectivity index (χ4v) is 3.35. The first-order valence-corrected chi connectivity index (χ1v) is 9.15.